The van der Waals surface area contributed by atoms with Crippen LogP contribution in [0.2, 0.25) is 0 Å². The molecule has 1 aliphatic heterocycles. The van der Waals surface area contributed by atoms with Crippen molar-refractivity contribution in [2.75, 3.05) is 29.3 Å². The molecule has 4 N–H and O–H groups in total. The lowest BCUT2D eigenvalue weighted by Gasteiger charge is -2.40. The highest BCUT2D eigenvalue weighted by Gasteiger charge is 2.44. The van der Waals surface area contributed by atoms with Gasteiger partial charge in [0.1, 0.15) is 17.0 Å². The van der Waals surface area contributed by atoms with Crippen LogP contribution in [0.3, 0.4) is 0 Å². The van der Waals surface area contributed by atoms with E-state index in [9.17, 15) is 18.8 Å². The number of carbonyl (C=O) groups excluding carboxylic acids is 3. The van der Waals surface area contributed by atoms with Gasteiger partial charge in [0.2, 0.25) is 0 Å². The average Bonchev–Trinajstić information content (AvgIpc) is 3.38. The van der Waals surface area contributed by atoms with Crippen LogP contribution in [0.1, 0.15) is 20.8 Å². The van der Waals surface area contributed by atoms with Crippen molar-refractivity contribution in [2.45, 2.75) is 38.9 Å². The number of hydrogen-bond acceptors (Lipinski definition) is 9. The Kier molecular flexibility index (Phi) is 8.69. The van der Waals surface area contributed by atoms with E-state index in [1.165, 1.54) is 30.5 Å². The Balaban J connectivity index is 1.35. The number of carbonyl (C=O) groups is 3. The molecule has 5 rings (SSSR count). The molecular weight excluding hydrogens is 578 g/mol. The molecule has 1 saturated heterocycles. The van der Waals surface area contributed by atoms with Gasteiger partial charge in [-0.3, -0.25) is 19.7 Å². The number of aromatic nitrogens is 3. The number of nitrogens with zero attached hydrogens (tertiary/aromatic N) is 4. The minimum absolute atomic E-state index is 0.0368. The summed E-state index contributed by atoms with van der Waals surface area (Å²) >= 11 is 0. The molecule has 1 unspecified atom stereocenters. The Hall–Kier alpha value is -5.15. The van der Waals surface area contributed by atoms with E-state index in [4.69, 9.17) is 9.47 Å². The molecule has 4 amide bonds. The van der Waals surface area contributed by atoms with Crippen molar-refractivity contribution in [3.8, 4) is 11.5 Å². The third-order valence-corrected chi connectivity index (χ3v) is 6.64. The molecule has 2 atom stereocenters. The van der Waals surface area contributed by atoms with Gasteiger partial charge in [-0.1, -0.05) is 0 Å². The predicted molar refractivity (Wildman–Crippen MR) is 157 cm³/mol. The Bertz CT molecular complexity index is 1700. The maximum absolute atomic E-state index is 15.3. The van der Waals surface area contributed by atoms with Gasteiger partial charge in [0.15, 0.2) is 29.1 Å². The van der Waals surface area contributed by atoms with Crippen molar-refractivity contribution < 1.29 is 32.6 Å². The first-order valence-electron chi connectivity index (χ1n) is 13.6. The number of benzene rings is 2. The monoisotopic (exact) mass is 608 g/mol. The number of nitrogens with one attached hydrogen (secondary N) is 4. The van der Waals surface area contributed by atoms with Crippen LogP contribution in [0, 0.1) is 11.6 Å². The van der Waals surface area contributed by atoms with Gasteiger partial charge in [0.05, 0.1) is 12.3 Å². The summed E-state index contributed by atoms with van der Waals surface area (Å²) in [6.07, 6.45) is 1.49. The minimum Gasteiger partial charge on any atom is -0.453 e. The maximum atomic E-state index is 15.3. The normalized spacial score (nSPS) is 16.0. The third-order valence-electron chi connectivity index (χ3n) is 6.64. The summed E-state index contributed by atoms with van der Waals surface area (Å²) in [4.78, 5) is 44.6. The Morgan fingerprint density at radius 2 is 1.82 bits per heavy atom. The number of methoxy groups -OCH3 is 1. The minimum atomic E-state index is -1.54. The average molecular weight is 609 g/mol. The molecule has 230 valence electrons. The second kappa shape index (κ2) is 12.6. The number of H-pyrrole nitrogens is 1. The molecule has 13 nitrogen and oxygen atoms in total. The van der Waals surface area contributed by atoms with Crippen molar-refractivity contribution in [3.05, 3.63) is 66.4 Å². The molecule has 44 heavy (non-hydrogen) atoms. The summed E-state index contributed by atoms with van der Waals surface area (Å²) in [5, 5.41) is 14.4. The predicted octanol–water partition coefficient (Wildman–Crippen LogP) is 4.16. The van der Waals surface area contributed by atoms with E-state index in [0.717, 1.165) is 28.1 Å². The second-order valence-corrected chi connectivity index (χ2v) is 10.3. The molecular formula is C29H30F2N8O5. The number of rotatable bonds is 10. The molecule has 0 bridgehead atoms. The summed E-state index contributed by atoms with van der Waals surface area (Å²) in [5.41, 5.74) is 3.19. The number of hydrazine groups is 1. The van der Waals surface area contributed by atoms with Gasteiger partial charge < -0.3 is 20.1 Å². The molecule has 0 radical (unpaired) electrons. The summed E-state index contributed by atoms with van der Waals surface area (Å²) in [7, 11) is 1.58. The van der Waals surface area contributed by atoms with Crippen molar-refractivity contribution in [3.63, 3.8) is 0 Å². The van der Waals surface area contributed by atoms with E-state index in [1.54, 1.807) is 27.0 Å². The molecule has 15 heteroatoms. The number of imide groups is 1. The molecule has 3 heterocycles. The van der Waals surface area contributed by atoms with Crippen LogP contribution in [0.25, 0.3) is 11.0 Å². The number of urea groups is 1. The van der Waals surface area contributed by atoms with Crippen molar-refractivity contribution in [1.82, 2.24) is 25.6 Å². The van der Waals surface area contributed by atoms with Gasteiger partial charge in [-0.25, -0.2) is 28.9 Å². The number of ether oxygens (including phenoxy) is 2. The fourth-order valence-corrected chi connectivity index (χ4v) is 4.58. The largest absolute Gasteiger partial charge is 0.453 e. The van der Waals surface area contributed by atoms with E-state index in [0.29, 0.717) is 23.5 Å². The summed E-state index contributed by atoms with van der Waals surface area (Å²) in [6.45, 7) is 5.70. The van der Waals surface area contributed by atoms with Gasteiger partial charge in [0.25, 0.3) is 11.8 Å². The van der Waals surface area contributed by atoms with Gasteiger partial charge >= 0.3 is 6.03 Å². The fourth-order valence-electron chi connectivity index (χ4n) is 4.58. The summed E-state index contributed by atoms with van der Waals surface area (Å²) < 4.78 is 39.8. The van der Waals surface area contributed by atoms with Gasteiger partial charge in [-0.05, 0) is 57.2 Å². The number of aromatic amines is 1. The molecule has 2 aromatic heterocycles. The molecule has 1 aliphatic rings. The zero-order valence-corrected chi connectivity index (χ0v) is 24.2. The molecule has 0 saturated carbocycles. The van der Waals surface area contributed by atoms with Crippen LogP contribution in [0.15, 0.2) is 54.7 Å². The number of hydrogen-bond donors (Lipinski definition) is 4. The van der Waals surface area contributed by atoms with Crippen LogP contribution in [-0.4, -0.2) is 69.9 Å². The van der Waals surface area contributed by atoms with Crippen LogP contribution in [-0.2, 0) is 14.3 Å². The highest BCUT2D eigenvalue weighted by Crippen LogP contribution is 2.34. The molecule has 4 aromatic rings. The van der Waals surface area contributed by atoms with E-state index in [2.05, 4.69) is 31.2 Å². The lowest BCUT2D eigenvalue weighted by molar-refractivity contribution is -0.131. The van der Waals surface area contributed by atoms with Crippen LogP contribution < -0.4 is 25.7 Å². The SMILES string of the molecule is COC[C@H](C)Nc1n[nH]c2nccc(Oc3ccc(NC(=O)C4NN(C(C)C)C(=O)N(c5ccc(F)cc5)C4=O)cc3F)c12. The van der Waals surface area contributed by atoms with E-state index in [1.807, 2.05) is 6.92 Å². The summed E-state index contributed by atoms with van der Waals surface area (Å²) in [6, 6.07) is 7.24. The lowest BCUT2D eigenvalue weighted by Crippen LogP contribution is -2.70. The quantitative estimate of drug-likeness (QED) is 0.194. The van der Waals surface area contributed by atoms with Gasteiger partial charge in [-0.2, -0.15) is 5.10 Å². The van der Waals surface area contributed by atoms with Gasteiger partial charge in [-0.15, -0.1) is 0 Å². The first-order chi connectivity index (χ1) is 21.1. The van der Waals surface area contributed by atoms with Crippen molar-refractivity contribution in [2.24, 2.45) is 0 Å². The topological polar surface area (TPSA) is 154 Å². The fraction of sp³-hybridized carbons (Fsp3) is 0.276. The highest BCUT2D eigenvalue weighted by molar-refractivity contribution is 6.25. The van der Waals surface area contributed by atoms with Crippen molar-refractivity contribution >= 4 is 46.1 Å². The summed E-state index contributed by atoms with van der Waals surface area (Å²) in [5.74, 6) is -2.49. The number of amides is 4. The zero-order chi connectivity index (χ0) is 31.5. The van der Waals surface area contributed by atoms with E-state index in [-0.39, 0.29) is 28.9 Å². The van der Waals surface area contributed by atoms with E-state index < -0.39 is 41.6 Å². The zero-order valence-electron chi connectivity index (χ0n) is 24.2. The molecule has 0 spiro atoms. The third kappa shape index (κ3) is 6.14. The Labute approximate surface area is 250 Å². The number of fused-ring (bicyclic) bond motifs is 1. The Morgan fingerprint density at radius 1 is 1.07 bits per heavy atom. The standard InChI is InChI=1S/C29H30F2N8O5/c1-15(2)39-29(42)38(19-8-5-17(30)6-9-19)28(41)24(37-39)27(40)34-18-7-10-21(20(31)13-18)44-22-11-12-32-25-23(22)26(36-35-25)33-16(3)14-43-4/h5-13,15-16,24,37H,14H2,1-4H3,(H,34,40)(H2,32,33,35,36)/t16-,24?/m0/s1. The molecule has 1 fully saturated rings. The first kappa shape index (κ1) is 30.3. The van der Waals surface area contributed by atoms with Crippen LogP contribution >= 0.6 is 0 Å². The number of anilines is 3. The second-order valence-electron chi connectivity index (χ2n) is 10.3. The molecule has 2 aromatic carbocycles. The van der Waals surface area contributed by atoms with Crippen molar-refractivity contribution in [1.29, 1.82) is 0 Å². The number of pyridine rings is 1. The first-order valence-corrected chi connectivity index (χ1v) is 13.6. The lowest BCUT2D eigenvalue weighted by atomic mass is 10.1. The highest BCUT2D eigenvalue weighted by atomic mass is 19.1. The van der Waals surface area contributed by atoms with Gasteiger partial charge in [0, 0.05) is 43.2 Å². The van der Waals surface area contributed by atoms with Crippen LogP contribution in [0.5, 0.6) is 11.5 Å². The Morgan fingerprint density at radius 3 is 2.50 bits per heavy atom. The number of halogens is 2. The van der Waals surface area contributed by atoms with Crippen LogP contribution in [0.4, 0.5) is 30.8 Å². The molecule has 0 aliphatic carbocycles. The smallest absolute Gasteiger partial charge is 0.346 e. The maximum Gasteiger partial charge on any atom is 0.346 e. The van der Waals surface area contributed by atoms with E-state index >= 15 is 4.39 Å².